The minimum absolute atomic E-state index is 0.123. The van der Waals surface area contributed by atoms with E-state index in [0.29, 0.717) is 0 Å². The molecule has 0 spiro atoms. The van der Waals surface area contributed by atoms with Gasteiger partial charge in [0.25, 0.3) is 0 Å². The smallest absolute Gasteiger partial charge is 0.123 e. The molecule has 27 heavy (non-hydrogen) atoms. The topological polar surface area (TPSA) is 63.4 Å². The molecule has 0 bridgehead atoms. The maximum atomic E-state index is 3.65. The molecule has 0 saturated carbocycles. The monoisotopic (exact) mass is 386 g/mol. The Balaban J connectivity index is 4.17. The molecule has 6 nitrogen and oxygen atoms in total. The zero-order valence-corrected chi connectivity index (χ0v) is 19.1. The minimum Gasteiger partial charge on any atom is -0.290 e. The summed E-state index contributed by atoms with van der Waals surface area (Å²) in [6.45, 7) is 14.1. The van der Waals surface area contributed by atoms with Crippen molar-refractivity contribution < 1.29 is 0 Å². The standard InChI is InChI=1S/C21H50N6/c1-6-10-14-19-26-27(25-18-11-7-2)20-15-12-13-16-21(22-5,23-9-4)24-17-8-3/h22-26H,6-20H2,1-5H3. The summed E-state index contributed by atoms with van der Waals surface area (Å²) < 4.78 is 0. The molecule has 0 saturated heterocycles. The van der Waals surface area contributed by atoms with Gasteiger partial charge in [-0.3, -0.25) is 16.0 Å². The fraction of sp³-hybridized carbons (Fsp3) is 1.00. The first kappa shape index (κ1) is 26.8. The van der Waals surface area contributed by atoms with Crippen LogP contribution in [0.3, 0.4) is 0 Å². The fourth-order valence-electron chi connectivity index (χ4n) is 3.21. The second-order valence-electron chi connectivity index (χ2n) is 7.45. The van der Waals surface area contributed by atoms with E-state index in [1.165, 1.54) is 51.4 Å². The first-order valence-corrected chi connectivity index (χ1v) is 11.6. The van der Waals surface area contributed by atoms with Gasteiger partial charge in [0.15, 0.2) is 0 Å². The average Bonchev–Trinajstić information content (AvgIpc) is 2.68. The first-order chi connectivity index (χ1) is 13.2. The highest BCUT2D eigenvalue weighted by Crippen LogP contribution is 2.10. The molecular weight excluding hydrogens is 336 g/mol. The zero-order chi connectivity index (χ0) is 20.2. The number of rotatable bonds is 21. The van der Waals surface area contributed by atoms with Crippen LogP contribution in [0.4, 0.5) is 0 Å². The lowest BCUT2D eigenvalue weighted by Crippen LogP contribution is -2.65. The van der Waals surface area contributed by atoms with Crippen molar-refractivity contribution in [3.63, 3.8) is 0 Å². The number of hydrogen-bond donors (Lipinski definition) is 5. The van der Waals surface area contributed by atoms with E-state index < -0.39 is 0 Å². The molecule has 1 atom stereocenters. The van der Waals surface area contributed by atoms with Crippen molar-refractivity contribution in [1.29, 1.82) is 0 Å². The minimum atomic E-state index is -0.123. The summed E-state index contributed by atoms with van der Waals surface area (Å²) in [6, 6.07) is 0. The predicted octanol–water partition coefficient (Wildman–Crippen LogP) is 3.33. The first-order valence-electron chi connectivity index (χ1n) is 11.6. The number of hydrazine groups is 2. The molecule has 0 fully saturated rings. The van der Waals surface area contributed by atoms with Gasteiger partial charge in [-0.1, -0.05) is 53.4 Å². The van der Waals surface area contributed by atoms with Crippen molar-refractivity contribution in [2.45, 2.75) is 97.7 Å². The fourth-order valence-corrected chi connectivity index (χ4v) is 3.21. The molecule has 0 aliphatic rings. The van der Waals surface area contributed by atoms with Crippen LogP contribution in [0.15, 0.2) is 0 Å². The number of nitrogens with zero attached hydrogens (tertiary/aromatic N) is 1. The van der Waals surface area contributed by atoms with Gasteiger partial charge in [-0.05, 0) is 58.7 Å². The molecule has 0 aliphatic heterocycles. The quantitative estimate of drug-likeness (QED) is 0.118. The van der Waals surface area contributed by atoms with Crippen LogP contribution < -0.4 is 26.8 Å². The van der Waals surface area contributed by atoms with Gasteiger partial charge in [0.1, 0.15) is 5.79 Å². The van der Waals surface area contributed by atoms with Crippen molar-refractivity contribution in [3.05, 3.63) is 0 Å². The SMILES string of the molecule is CCCCCNN(CCCCCC(NC)(NCC)NCCC)NCCCC. The van der Waals surface area contributed by atoms with E-state index >= 15 is 0 Å². The summed E-state index contributed by atoms with van der Waals surface area (Å²) in [5.74, 6) is -0.123. The van der Waals surface area contributed by atoms with Crippen molar-refractivity contribution in [2.24, 2.45) is 0 Å². The van der Waals surface area contributed by atoms with E-state index in [0.717, 1.165) is 45.6 Å². The normalized spacial score (nSPS) is 14.0. The molecule has 0 heterocycles. The Morgan fingerprint density at radius 2 is 1.37 bits per heavy atom. The second kappa shape index (κ2) is 19.1. The molecule has 0 aliphatic carbocycles. The van der Waals surface area contributed by atoms with Gasteiger partial charge >= 0.3 is 0 Å². The zero-order valence-electron chi connectivity index (χ0n) is 19.1. The van der Waals surface area contributed by atoms with Crippen molar-refractivity contribution in [1.82, 2.24) is 31.9 Å². The van der Waals surface area contributed by atoms with Crippen LogP contribution in [0.25, 0.3) is 0 Å². The third-order valence-electron chi connectivity index (χ3n) is 4.93. The lowest BCUT2D eigenvalue weighted by atomic mass is 10.1. The Hall–Kier alpha value is -0.240. The van der Waals surface area contributed by atoms with E-state index in [4.69, 9.17) is 0 Å². The van der Waals surface area contributed by atoms with Crippen LogP contribution in [0.5, 0.6) is 0 Å². The van der Waals surface area contributed by atoms with Gasteiger partial charge in [-0.2, -0.15) is 5.12 Å². The highest BCUT2D eigenvalue weighted by molar-refractivity contribution is 4.80. The van der Waals surface area contributed by atoms with Crippen molar-refractivity contribution >= 4 is 0 Å². The summed E-state index contributed by atoms with van der Waals surface area (Å²) in [5, 5.41) is 12.9. The van der Waals surface area contributed by atoms with Crippen molar-refractivity contribution in [3.8, 4) is 0 Å². The highest BCUT2D eigenvalue weighted by atomic mass is 15.7. The van der Waals surface area contributed by atoms with Gasteiger partial charge < -0.3 is 0 Å². The summed E-state index contributed by atoms with van der Waals surface area (Å²) >= 11 is 0. The van der Waals surface area contributed by atoms with Gasteiger partial charge in [0.2, 0.25) is 0 Å². The Morgan fingerprint density at radius 3 is 1.96 bits per heavy atom. The van der Waals surface area contributed by atoms with Gasteiger partial charge in [-0.15, -0.1) is 0 Å². The van der Waals surface area contributed by atoms with Crippen LogP contribution in [0.1, 0.15) is 91.9 Å². The third-order valence-corrected chi connectivity index (χ3v) is 4.93. The largest absolute Gasteiger partial charge is 0.290 e. The van der Waals surface area contributed by atoms with Gasteiger partial charge in [-0.25, -0.2) is 10.9 Å². The molecule has 0 radical (unpaired) electrons. The molecule has 0 amide bonds. The summed E-state index contributed by atoms with van der Waals surface area (Å²) in [6.07, 6.45) is 12.2. The van der Waals surface area contributed by atoms with Crippen LogP contribution in [0.2, 0.25) is 0 Å². The maximum Gasteiger partial charge on any atom is 0.123 e. The van der Waals surface area contributed by atoms with E-state index in [2.05, 4.69) is 59.6 Å². The second-order valence-corrected chi connectivity index (χ2v) is 7.45. The summed E-state index contributed by atoms with van der Waals surface area (Å²) in [7, 11) is 2.05. The molecule has 0 aromatic heterocycles. The van der Waals surface area contributed by atoms with E-state index in [1.54, 1.807) is 0 Å². The van der Waals surface area contributed by atoms with Crippen LogP contribution in [-0.4, -0.2) is 50.7 Å². The molecule has 0 rings (SSSR count). The molecule has 0 aromatic rings. The number of hydrogen-bond acceptors (Lipinski definition) is 6. The average molecular weight is 387 g/mol. The van der Waals surface area contributed by atoms with Gasteiger partial charge in [0, 0.05) is 19.6 Å². The van der Waals surface area contributed by atoms with Gasteiger partial charge in [0.05, 0.1) is 0 Å². The summed E-state index contributed by atoms with van der Waals surface area (Å²) in [4.78, 5) is 0. The Kier molecular flexibility index (Phi) is 18.9. The molecule has 0 aromatic carbocycles. The lowest BCUT2D eigenvalue weighted by Gasteiger charge is -2.36. The van der Waals surface area contributed by atoms with Crippen LogP contribution in [0, 0.1) is 0 Å². The Labute approximate surface area is 169 Å². The molecule has 164 valence electrons. The third kappa shape index (κ3) is 14.4. The van der Waals surface area contributed by atoms with Crippen LogP contribution in [-0.2, 0) is 0 Å². The van der Waals surface area contributed by atoms with E-state index in [9.17, 15) is 0 Å². The Bertz CT molecular complexity index is 302. The summed E-state index contributed by atoms with van der Waals surface area (Å²) in [5.41, 5.74) is 7.11. The maximum absolute atomic E-state index is 3.65. The number of nitrogens with one attached hydrogen (secondary N) is 5. The molecule has 5 N–H and O–H groups in total. The predicted molar refractivity (Wildman–Crippen MR) is 119 cm³/mol. The number of unbranched alkanes of at least 4 members (excludes halogenated alkanes) is 5. The van der Waals surface area contributed by atoms with Crippen molar-refractivity contribution in [2.75, 3.05) is 39.8 Å². The highest BCUT2D eigenvalue weighted by Gasteiger charge is 2.24. The van der Waals surface area contributed by atoms with E-state index in [-0.39, 0.29) is 5.79 Å². The lowest BCUT2D eigenvalue weighted by molar-refractivity contribution is 0.108. The molecule has 6 heteroatoms. The molecule has 1 unspecified atom stereocenters. The van der Waals surface area contributed by atoms with E-state index in [1.807, 2.05) is 7.05 Å². The molecular formula is C21H50N6. The Morgan fingerprint density at radius 1 is 0.667 bits per heavy atom. The van der Waals surface area contributed by atoms with Crippen LogP contribution >= 0.6 is 0 Å².